The molecule has 0 N–H and O–H groups in total. The summed E-state index contributed by atoms with van der Waals surface area (Å²) in [5, 5.41) is 8.22. The summed E-state index contributed by atoms with van der Waals surface area (Å²) in [5.74, 6) is -0.172. The molecule has 4 nitrogen and oxygen atoms in total. The topological polar surface area (TPSA) is 59.9 Å². The van der Waals surface area contributed by atoms with Gasteiger partial charge in [0, 0.05) is 28.7 Å². The number of aromatic nitrogens is 2. The quantitative estimate of drug-likeness (QED) is 0.853. The summed E-state index contributed by atoms with van der Waals surface area (Å²) >= 11 is 0. The minimum atomic E-state index is -0.0901. The second-order valence-corrected chi connectivity index (χ2v) is 5.59. The lowest BCUT2D eigenvalue weighted by atomic mass is 9.83. The van der Waals surface area contributed by atoms with Gasteiger partial charge in [0.05, 0.1) is 11.4 Å². The SMILES string of the molecule is CC1=C(Cc2cc(C)c(C)nn2)C(=O)c2ccccc2C1=O. The predicted octanol–water partition coefficient (Wildman–Crippen LogP) is 3.03. The van der Waals surface area contributed by atoms with E-state index in [9.17, 15) is 9.59 Å². The third-order valence-corrected chi connectivity index (χ3v) is 4.12. The van der Waals surface area contributed by atoms with Crippen LogP contribution in [0, 0.1) is 13.8 Å². The molecule has 1 aliphatic rings. The highest BCUT2D eigenvalue weighted by Gasteiger charge is 2.29. The van der Waals surface area contributed by atoms with Gasteiger partial charge in [-0.3, -0.25) is 9.59 Å². The first-order valence-corrected chi connectivity index (χ1v) is 7.17. The van der Waals surface area contributed by atoms with Crippen LogP contribution >= 0.6 is 0 Å². The van der Waals surface area contributed by atoms with Gasteiger partial charge in [-0.05, 0) is 32.4 Å². The van der Waals surface area contributed by atoms with E-state index in [1.54, 1.807) is 31.2 Å². The Labute approximate surface area is 128 Å². The van der Waals surface area contributed by atoms with E-state index in [2.05, 4.69) is 10.2 Å². The second kappa shape index (κ2) is 5.30. The first kappa shape index (κ1) is 14.3. The van der Waals surface area contributed by atoms with Gasteiger partial charge in [0.2, 0.25) is 0 Å². The van der Waals surface area contributed by atoms with Crippen molar-refractivity contribution in [2.24, 2.45) is 0 Å². The molecule has 0 aliphatic heterocycles. The van der Waals surface area contributed by atoms with E-state index in [-0.39, 0.29) is 11.6 Å². The van der Waals surface area contributed by atoms with E-state index in [0.717, 1.165) is 11.3 Å². The molecule has 22 heavy (non-hydrogen) atoms. The molecule has 2 aromatic rings. The minimum Gasteiger partial charge on any atom is -0.289 e. The number of carbonyl (C=O) groups is 2. The zero-order valence-electron chi connectivity index (χ0n) is 12.8. The number of fused-ring (bicyclic) bond motifs is 1. The fraction of sp³-hybridized carbons (Fsp3) is 0.222. The van der Waals surface area contributed by atoms with E-state index in [1.807, 2.05) is 19.9 Å². The number of carbonyl (C=O) groups excluding carboxylic acids is 2. The number of nitrogens with zero attached hydrogens (tertiary/aromatic N) is 2. The van der Waals surface area contributed by atoms with Crippen molar-refractivity contribution in [2.45, 2.75) is 27.2 Å². The molecule has 0 spiro atoms. The van der Waals surface area contributed by atoms with Gasteiger partial charge in [-0.25, -0.2) is 0 Å². The molecule has 0 saturated carbocycles. The Hall–Kier alpha value is -2.62. The van der Waals surface area contributed by atoms with Crippen LogP contribution in [-0.4, -0.2) is 21.8 Å². The summed E-state index contributed by atoms with van der Waals surface area (Å²) in [4.78, 5) is 25.1. The summed E-state index contributed by atoms with van der Waals surface area (Å²) in [6.07, 6.45) is 0.332. The zero-order valence-corrected chi connectivity index (χ0v) is 12.8. The molecule has 0 fully saturated rings. The highest BCUT2D eigenvalue weighted by Crippen LogP contribution is 2.27. The number of aryl methyl sites for hydroxylation is 2. The van der Waals surface area contributed by atoms with Gasteiger partial charge in [0.25, 0.3) is 0 Å². The van der Waals surface area contributed by atoms with Crippen LogP contribution in [0.2, 0.25) is 0 Å². The average Bonchev–Trinajstić information content (AvgIpc) is 2.53. The molecule has 0 bridgehead atoms. The number of hydrogen-bond acceptors (Lipinski definition) is 4. The van der Waals surface area contributed by atoms with Crippen LogP contribution < -0.4 is 0 Å². The third-order valence-electron chi connectivity index (χ3n) is 4.12. The van der Waals surface area contributed by atoms with Crippen LogP contribution in [0.3, 0.4) is 0 Å². The Bertz CT molecular complexity index is 835. The summed E-state index contributed by atoms with van der Waals surface area (Å²) in [5.41, 5.74) is 4.58. The maximum Gasteiger partial charge on any atom is 0.190 e. The number of ketones is 2. The first-order chi connectivity index (χ1) is 10.5. The largest absolute Gasteiger partial charge is 0.289 e. The Morgan fingerprint density at radius 3 is 2.18 bits per heavy atom. The van der Waals surface area contributed by atoms with Gasteiger partial charge in [-0.1, -0.05) is 24.3 Å². The summed E-state index contributed by atoms with van der Waals surface area (Å²) in [6, 6.07) is 8.87. The average molecular weight is 292 g/mol. The normalized spacial score (nSPS) is 14.3. The lowest BCUT2D eigenvalue weighted by Gasteiger charge is -2.18. The van der Waals surface area contributed by atoms with Gasteiger partial charge in [-0.15, -0.1) is 0 Å². The maximum absolute atomic E-state index is 12.7. The number of Topliss-reactive ketones (excluding diaryl/α,β-unsaturated/α-hetero) is 2. The third kappa shape index (κ3) is 2.26. The van der Waals surface area contributed by atoms with E-state index >= 15 is 0 Å². The van der Waals surface area contributed by atoms with Crippen molar-refractivity contribution in [2.75, 3.05) is 0 Å². The fourth-order valence-electron chi connectivity index (χ4n) is 2.63. The Kier molecular flexibility index (Phi) is 3.45. The number of benzene rings is 1. The molecular weight excluding hydrogens is 276 g/mol. The van der Waals surface area contributed by atoms with Crippen molar-refractivity contribution in [3.8, 4) is 0 Å². The molecule has 1 aliphatic carbocycles. The van der Waals surface area contributed by atoms with Crippen LogP contribution in [0.15, 0.2) is 41.5 Å². The van der Waals surface area contributed by atoms with E-state index < -0.39 is 0 Å². The molecule has 1 aromatic heterocycles. The Morgan fingerprint density at radius 1 is 0.909 bits per heavy atom. The smallest absolute Gasteiger partial charge is 0.190 e. The van der Waals surface area contributed by atoms with Crippen molar-refractivity contribution in [3.05, 3.63) is 69.6 Å². The lowest BCUT2D eigenvalue weighted by molar-refractivity contribution is 0.0973. The second-order valence-electron chi connectivity index (χ2n) is 5.59. The van der Waals surface area contributed by atoms with Crippen molar-refractivity contribution in [1.29, 1.82) is 0 Å². The van der Waals surface area contributed by atoms with E-state index in [4.69, 9.17) is 0 Å². The molecule has 110 valence electrons. The van der Waals surface area contributed by atoms with Crippen molar-refractivity contribution in [3.63, 3.8) is 0 Å². The molecule has 0 unspecified atom stereocenters. The van der Waals surface area contributed by atoms with E-state index in [0.29, 0.717) is 34.4 Å². The molecule has 4 heteroatoms. The minimum absolute atomic E-state index is 0.0815. The molecule has 1 aromatic carbocycles. The van der Waals surface area contributed by atoms with Gasteiger partial charge in [0.15, 0.2) is 11.6 Å². The van der Waals surface area contributed by atoms with Gasteiger partial charge in [-0.2, -0.15) is 10.2 Å². The van der Waals surface area contributed by atoms with Crippen LogP contribution in [0.25, 0.3) is 0 Å². The molecule has 3 rings (SSSR count). The summed E-state index contributed by atoms with van der Waals surface area (Å²) < 4.78 is 0. The van der Waals surface area contributed by atoms with Crippen LogP contribution in [0.1, 0.15) is 44.6 Å². The zero-order chi connectivity index (χ0) is 15.9. The van der Waals surface area contributed by atoms with E-state index in [1.165, 1.54) is 0 Å². The van der Waals surface area contributed by atoms with Crippen molar-refractivity contribution in [1.82, 2.24) is 10.2 Å². The number of hydrogen-bond donors (Lipinski definition) is 0. The first-order valence-electron chi connectivity index (χ1n) is 7.17. The van der Waals surface area contributed by atoms with Gasteiger partial charge < -0.3 is 0 Å². The molecule has 0 saturated heterocycles. The molecular formula is C18H16N2O2. The number of rotatable bonds is 2. The number of allylic oxidation sites excluding steroid dienone is 2. The molecule has 0 radical (unpaired) electrons. The molecule has 0 atom stereocenters. The van der Waals surface area contributed by atoms with Crippen LogP contribution in [0.4, 0.5) is 0 Å². The highest BCUT2D eigenvalue weighted by atomic mass is 16.1. The van der Waals surface area contributed by atoms with Crippen LogP contribution in [-0.2, 0) is 6.42 Å². The van der Waals surface area contributed by atoms with Crippen molar-refractivity contribution < 1.29 is 9.59 Å². The lowest BCUT2D eigenvalue weighted by Crippen LogP contribution is -2.22. The monoisotopic (exact) mass is 292 g/mol. The summed E-state index contributed by atoms with van der Waals surface area (Å²) in [7, 11) is 0. The predicted molar refractivity (Wildman–Crippen MR) is 83.0 cm³/mol. The van der Waals surface area contributed by atoms with Crippen molar-refractivity contribution >= 4 is 11.6 Å². The van der Waals surface area contributed by atoms with Gasteiger partial charge >= 0.3 is 0 Å². The molecule has 0 amide bonds. The van der Waals surface area contributed by atoms with Crippen LogP contribution in [0.5, 0.6) is 0 Å². The summed E-state index contributed by atoms with van der Waals surface area (Å²) in [6.45, 7) is 5.56. The molecule has 1 heterocycles. The maximum atomic E-state index is 12.7. The standard InChI is InChI=1S/C18H16N2O2/c1-10-8-13(20-19-12(10)3)9-16-11(2)17(21)14-6-4-5-7-15(14)18(16)22/h4-8H,9H2,1-3H3. The Morgan fingerprint density at radius 2 is 1.55 bits per heavy atom. The fourth-order valence-corrected chi connectivity index (χ4v) is 2.63. The highest BCUT2D eigenvalue weighted by molar-refractivity contribution is 6.26. The Balaban J connectivity index is 2.03. The van der Waals surface area contributed by atoms with Gasteiger partial charge in [0.1, 0.15) is 0 Å².